The lowest BCUT2D eigenvalue weighted by Crippen LogP contribution is -2.17. The van der Waals surface area contributed by atoms with Gasteiger partial charge in [-0.25, -0.2) is 0 Å². The van der Waals surface area contributed by atoms with Crippen molar-refractivity contribution >= 4 is 28.5 Å². The fraction of sp³-hybridized carbons (Fsp3) is 0.143. The van der Waals surface area contributed by atoms with Crippen LogP contribution in [0.1, 0.15) is 0 Å². The van der Waals surface area contributed by atoms with Gasteiger partial charge in [-0.1, -0.05) is 0 Å². The van der Waals surface area contributed by atoms with Crippen LogP contribution < -0.4 is 5.32 Å². The summed E-state index contributed by atoms with van der Waals surface area (Å²) in [6, 6.07) is 5.30. The molecule has 0 fully saturated rings. The van der Waals surface area contributed by atoms with Gasteiger partial charge in [0.1, 0.15) is 6.54 Å². The summed E-state index contributed by atoms with van der Waals surface area (Å²) in [5.74, 6) is 1.03. The highest BCUT2D eigenvalue weighted by molar-refractivity contribution is 7.08. The fourth-order valence-electron chi connectivity index (χ4n) is 2.27. The summed E-state index contributed by atoms with van der Waals surface area (Å²) >= 11 is 1.53. The maximum atomic E-state index is 12.4. The van der Waals surface area contributed by atoms with E-state index in [1.54, 1.807) is 16.6 Å². The highest BCUT2D eigenvalue weighted by Crippen LogP contribution is 2.22. The fourth-order valence-corrected chi connectivity index (χ4v) is 2.91. The van der Waals surface area contributed by atoms with Gasteiger partial charge in [0, 0.05) is 17.1 Å². The number of fused-ring (bicyclic) bond motifs is 1. The van der Waals surface area contributed by atoms with Gasteiger partial charge in [-0.15, -0.1) is 15.3 Å². The summed E-state index contributed by atoms with van der Waals surface area (Å²) in [4.78, 5) is 0. The predicted molar refractivity (Wildman–Crippen MR) is 85.7 cm³/mol. The van der Waals surface area contributed by atoms with Crippen LogP contribution in [0, 0.1) is 0 Å². The number of aromatic nitrogens is 6. The van der Waals surface area contributed by atoms with Crippen molar-refractivity contribution in [1.82, 2.24) is 29.6 Å². The van der Waals surface area contributed by atoms with Crippen LogP contribution in [0.25, 0.3) is 17.0 Å². The normalized spacial score (nSPS) is 12.0. The third-order valence-corrected chi connectivity index (χ3v) is 3.97. The van der Waals surface area contributed by atoms with Crippen molar-refractivity contribution in [3.63, 3.8) is 0 Å². The molecule has 0 aliphatic carbocycles. The molecule has 0 saturated heterocycles. The first kappa shape index (κ1) is 15.6. The van der Waals surface area contributed by atoms with Crippen molar-refractivity contribution in [3.8, 4) is 11.4 Å². The molecule has 0 spiro atoms. The summed E-state index contributed by atoms with van der Waals surface area (Å²) in [6.07, 6.45) is -1.74. The minimum absolute atomic E-state index is 0.404. The number of hydrogen-bond donors (Lipinski definition) is 1. The molecule has 0 unspecified atom stereocenters. The zero-order valence-electron chi connectivity index (χ0n) is 12.5. The first-order valence-electron chi connectivity index (χ1n) is 7.09. The lowest BCUT2D eigenvalue weighted by atomic mass is 10.3. The van der Waals surface area contributed by atoms with E-state index in [0.29, 0.717) is 23.0 Å². The van der Waals surface area contributed by atoms with Gasteiger partial charge in [0.25, 0.3) is 0 Å². The van der Waals surface area contributed by atoms with E-state index < -0.39 is 12.7 Å². The van der Waals surface area contributed by atoms with Crippen LogP contribution in [0.15, 0.2) is 41.4 Å². The zero-order valence-corrected chi connectivity index (χ0v) is 13.3. The van der Waals surface area contributed by atoms with Crippen LogP contribution in [-0.4, -0.2) is 35.8 Å². The Kier molecular flexibility index (Phi) is 3.64. The Bertz CT molecular complexity index is 1000. The quantitative estimate of drug-likeness (QED) is 0.600. The molecule has 4 aromatic heterocycles. The molecule has 0 aliphatic heterocycles. The lowest BCUT2D eigenvalue weighted by molar-refractivity contribution is -0.142. The van der Waals surface area contributed by atoms with Crippen LogP contribution in [0.4, 0.5) is 24.7 Å². The third kappa shape index (κ3) is 3.31. The monoisotopic (exact) mass is 365 g/mol. The number of hydrogen-bond acceptors (Lipinski definition) is 6. The van der Waals surface area contributed by atoms with Gasteiger partial charge in [-0.3, -0.25) is 4.68 Å². The summed E-state index contributed by atoms with van der Waals surface area (Å²) in [7, 11) is 0. The van der Waals surface area contributed by atoms with Crippen molar-refractivity contribution in [2.24, 2.45) is 0 Å². The maximum absolute atomic E-state index is 12.4. The van der Waals surface area contributed by atoms with Crippen molar-refractivity contribution < 1.29 is 13.2 Å². The topological polar surface area (TPSA) is 72.9 Å². The summed E-state index contributed by atoms with van der Waals surface area (Å²) < 4.78 is 39.5. The second-order valence-electron chi connectivity index (χ2n) is 5.19. The molecule has 7 nitrogen and oxygen atoms in total. The van der Waals surface area contributed by atoms with Gasteiger partial charge >= 0.3 is 6.18 Å². The number of nitrogens with one attached hydrogen (secondary N) is 1. The Morgan fingerprint density at radius 3 is 2.80 bits per heavy atom. The first-order chi connectivity index (χ1) is 12.0. The van der Waals surface area contributed by atoms with E-state index in [-0.39, 0.29) is 0 Å². The molecule has 0 aromatic carbocycles. The van der Waals surface area contributed by atoms with Crippen LogP contribution in [0.3, 0.4) is 0 Å². The number of anilines is 2. The van der Waals surface area contributed by atoms with Gasteiger partial charge in [-0.2, -0.15) is 34.1 Å². The smallest absolute Gasteiger partial charge is 0.336 e. The number of alkyl halides is 3. The van der Waals surface area contributed by atoms with Crippen LogP contribution in [0.5, 0.6) is 0 Å². The molecular formula is C14H10F3N7S. The van der Waals surface area contributed by atoms with Crippen molar-refractivity contribution in [2.75, 3.05) is 5.32 Å². The first-order valence-corrected chi connectivity index (χ1v) is 8.03. The molecular weight excluding hydrogens is 355 g/mol. The van der Waals surface area contributed by atoms with Gasteiger partial charge < -0.3 is 5.32 Å². The Labute approximate surface area is 142 Å². The summed E-state index contributed by atoms with van der Waals surface area (Å²) in [6.45, 7) is -1.14. The molecule has 0 atom stereocenters. The molecule has 0 amide bonds. The highest BCUT2D eigenvalue weighted by Gasteiger charge is 2.28. The zero-order chi connectivity index (χ0) is 17.4. The van der Waals surface area contributed by atoms with E-state index in [0.717, 1.165) is 10.2 Å². The molecule has 11 heteroatoms. The summed E-state index contributed by atoms with van der Waals surface area (Å²) in [5, 5.41) is 23.0. The minimum atomic E-state index is -4.32. The van der Waals surface area contributed by atoms with Crippen LogP contribution in [-0.2, 0) is 6.54 Å². The molecule has 4 aromatic rings. The van der Waals surface area contributed by atoms with E-state index >= 15 is 0 Å². The molecule has 128 valence electrons. The SMILES string of the molecule is FC(F)(F)Cn1cc(Nc2ccc3nnc(-c4ccsc4)n3n2)cn1. The van der Waals surface area contributed by atoms with E-state index in [4.69, 9.17) is 0 Å². The van der Waals surface area contributed by atoms with Crippen molar-refractivity contribution in [2.45, 2.75) is 12.7 Å². The molecule has 4 heterocycles. The Morgan fingerprint density at radius 2 is 2.04 bits per heavy atom. The van der Waals surface area contributed by atoms with Crippen LogP contribution >= 0.6 is 11.3 Å². The second kappa shape index (κ2) is 5.84. The van der Waals surface area contributed by atoms with Gasteiger partial charge in [0.2, 0.25) is 0 Å². The Morgan fingerprint density at radius 1 is 1.16 bits per heavy atom. The number of nitrogens with zero attached hydrogens (tertiary/aromatic N) is 6. The minimum Gasteiger partial charge on any atom is -0.336 e. The highest BCUT2D eigenvalue weighted by atomic mass is 32.1. The van der Waals surface area contributed by atoms with Crippen molar-refractivity contribution in [3.05, 3.63) is 41.4 Å². The Hall–Kier alpha value is -2.95. The molecule has 4 rings (SSSR count). The summed E-state index contributed by atoms with van der Waals surface area (Å²) in [5.41, 5.74) is 1.86. The van der Waals surface area contributed by atoms with Crippen LogP contribution in [0.2, 0.25) is 0 Å². The molecule has 0 radical (unpaired) electrons. The predicted octanol–water partition coefficient (Wildman–Crippen LogP) is 3.36. The lowest BCUT2D eigenvalue weighted by Gasteiger charge is -2.05. The molecule has 0 aliphatic rings. The Balaban J connectivity index is 1.61. The third-order valence-electron chi connectivity index (χ3n) is 3.29. The van der Waals surface area contributed by atoms with E-state index in [1.165, 1.54) is 23.7 Å². The average Bonchev–Trinajstić information content (AvgIpc) is 3.25. The number of rotatable bonds is 4. The van der Waals surface area contributed by atoms with Gasteiger partial charge in [0.05, 0.1) is 11.9 Å². The van der Waals surface area contributed by atoms with E-state index in [1.807, 2.05) is 16.8 Å². The number of halogens is 3. The van der Waals surface area contributed by atoms with Gasteiger partial charge in [0.15, 0.2) is 17.3 Å². The second-order valence-corrected chi connectivity index (χ2v) is 5.97. The standard InChI is InChI=1S/C14H10F3N7S/c15-14(16,17)8-23-6-10(5-18-23)19-11-1-2-12-20-21-13(24(12)22-11)9-3-4-25-7-9/h1-7H,8H2,(H,19,22). The van der Waals surface area contributed by atoms with Crippen molar-refractivity contribution in [1.29, 1.82) is 0 Å². The molecule has 0 saturated carbocycles. The van der Waals surface area contributed by atoms with E-state index in [9.17, 15) is 13.2 Å². The number of thiophene rings is 1. The van der Waals surface area contributed by atoms with E-state index in [2.05, 4.69) is 25.7 Å². The molecule has 25 heavy (non-hydrogen) atoms. The maximum Gasteiger partial charge on any atom is 0.408 e. The molecule has 0 bridgehead atoms. The average molecular weight is 365 g/mol. The van der Waals surface area contributed by atoms with Gasteiger partial charge in [-0.05, 0) is 23.6 Å². The largest absolute Gasteiger partial charge is 0.408 e. The molecule has 1 N–H and O–H groups in total.